The number of hydrogen-bond acceptors (Lipinski definition) is 9. The van der Waals surface area contributed by atoms with Crippen LogP contribution >= 0.6 is 0 Å². The lowest BCUT2D eigenvalue weighted by atomic mass is 10.1. The van der Waals surface area contributed by atoms with E-state index < -0.39 is 30.5 Å². The third-order valence-corrected chi connectivity index (χ3v) is 5.98. The molecule has 0 radical (unpaired) electrons. The van der Waals surface area contributed by atoms with Crippen LogP contribution in [0.5, 0.6) is 0 Å². The van der Waals surface area contributed by atoms with E-state index in [1.807, 2.05) is 4.90 Å². The SMILES string of the molecule is O=C(CO)N1CCN(c2ccc(-c3ccc(N4C[C@H](Cn5ccnn5)OC4=O)cc3F)cn2)CCO1. The number of aliphatic hydroxyl groups excluding tert-OH is 1. The number of benzene rings is 1. The number of carbonyl (C=O) groups excluding carboxylic acids is 2. The Labute approximate surface area is 205 Å². The van der Waals surface area contributed by atoms with E-state index in [1.54, 1.807) is 47.5 Å². The molecule has 36 heavy (non-hydrogen) atoms. The molecule has 0 unspecified atom stereocenters. The molecule has 1 N–H and O–H groups in total. The number of nitrogens with zero attached hydrogens (tertiary/aromatic N) is 7. The number of carbonyl (C=O) groups is 2. The van der Waals surface area contributed by atoms with Gasteiger partial charge in [-0.2, -0.15) is 0 Å². The van der Waals surface area contributed by atoms with Crippen molar-refractivity contribution < 1.29 is 28.7 Å². The first-order valence-electron chi connectivity index (χ1n) is 11.4. The molecule has 12 nitrogen and oxygen atoms in total. The number of aliphatic hydroxyl groups is 1. The van der Waals surface area contributed by atoms with Crippen LogP contribution in [0.4, 0.5) is 20.7 Å². The van der Waals surface area contributed by atoms with Crippen molar-refractivity contribution >= 4 is 23.5 Å². The lowest BCUT2D eigenvalue weighted by molar-refractivity contribution is -0.184. The molecule has 5 rings (SSSR count). The van der Waals surface area contributed by atoms with E-state index in [1.165, 1.54) is 11.0 Å². The molecule has 0 aliphatic carbocycles. The van der Waals surface area contributed by atoms with Crippen LogP contribution in [0, 0.1) is 5.82 Å². The van der Waals surface area contributed by atoms with Gasteiger partial charge in [0.2, 0.25) is 0 Å². The van der Waals surface area contributed by atoms with E-state index in [0.717, 1.165) is 5.06 Å². The fourth-order valence-corrected chi connectivity index (χ4v) is 4.16. The van der Waals surface area contributed by atoms with Crippen LogP contribution in [0.2, 0.25) is 0 Å². The van der Waals surface area contributed by atoms with Gasteiger partial charge in [-0.3, -0.25) is 14.5 Å². The molecule has 188 valence electrons. The lowest BCUT2D eigenvalue weighted by Crippen LogP contribution is -2.36. The Morgan fingerprint density at radius 1 is 1.19 bits per heavy atom. The lowest BCUT2D eigenvalue weighted by Gasteiger charge is -2.21. The van der Waals surface area contributed by atoms with Gasteiger partial charge in [-0.15, -0.1) is 5.10 Å². The average Bonchev–Trinajstić information content (AvgIpc) is 3.46. The minimum Gasteiger partial charge on any atom is -0.442 e. The highest BCUT2D eigenvalue weighted by Crippen LogP contribution is 2.30. The van der Waals surface area contributed by atoms with Crippen molar-refractivity contribution in [3.8, 4) is 11.1 Å². The Kier molecular flexibility index (Phi) is 6.73. The van der Waals surface area contributed by atoms with E-state index in [4.69, 9.17) is 14.7 Å². The molecule has 2 amide bonds. The van der Waals surface area contributed by atoms with E-state index in [2.05, 4.69) is 15.3 Å². The number of anilines is 2. The average molecular weight is 497 g/mol. The Balaban J connectivity index is 1.25. The summed E-state index contributed by atoms with van der Waals surface area (Å²) in [7, 11) is 0. The molecule has 2 saturated heterocycles. The zero-order valence-corrected chi connectivity index (χ0v) is 19.2. The summed E-state index contributed by atoms with van der Waals surface area (Å²) in [4.78, 5) is 37.2. The highest BCUT2D eigenvalue weighted by molar-refractivity contribution is 5.90. The highest BCUT2D eigenvalue weighted by atomic mass is 19.1. The van der Waals surface area contributed by atoms with Crippen LogP contribution in [0.1, 0.15) is 0 Å². The number of amides is 2. The third-order valence-electron chi connectivity index (χ3n) is 5.98. The van der Waals surface area contributed by atoms with Gasteiger partial charge >= 0.3 is 6.09 Å². The van der Waals surface area contributed by atoms with Gasteiger partial charge in [0.25, 0.3) is 5.91 Å². The normalized spacial score (nSPS) is 18.3. The first-order chi connectivity index (χ1) is 17.5. The summed E-state index contributed by atoms with van der Waals surface area (Å²) >= 11 is 0. The monoisotopic (exact) mass is 497 g/mol. The van der Waals surface area contributed by atoms with Crippen molar-refractivity contribution in [3.63, 3.8) is 0 Å². The smallest absolute Gasteiger partial charge is 0.414 e. The van der Waals surface area contributed by atoms with Crippen LogP contribution < -0.4 is 9.80 Å². The van der Waals surface area contributed by atoms with Gasteiger partial charge in [-0.05, 0) is 30.3 Å². The number of hydroxylamine groups is 2. The van der Waals surface area contributed by atoms with Crippen molar-refractivity contribution in [1.82, 2.24) is 25.0 Å². The van der Waals surface area contributed by atoms with E-state index in [-0.39, 0.29) is 19.7 Å². The van der Waals surface area contributed by atoms with Crippen LogP contribution in [0.25, 0.3) is 11.1 Å². The molecular formula is C23H24FN7O5. The van der Waals surface area contributed by atoms with Crippen LogP contribution in [0.15, 0.2) is 48.9 Å². The number of rotatable bonds is 6. The molecule has 0 spiro atoms. The van der Waals surface area contributed by atoms with Gasteiger partial charge in [0, 0.05) is 36.6 Å². The second kappa shape index (κ2) is 10.3. The minimum atomic E-state index is -0.611. The van der Waals surface area contributed by atoms with Gasteiger partial charge < -0.3 is 14.7 Å². The van der Waals surface area contributed by atoms with Gasteiger partial charge in [0.1, 0.15) is 24.3 Å². The zero-order chi connectivity index (χ0) is 25.1. The molecule has 0 saturated carbocycles. The number of ether oxygens (including phenoxy) is 1. The Morgan fingerprint density at radius 3 is 2.81 bits per heavy atom. The molecular weight excluding hydrogens is 473 g/mol. The quantitative estimate of drug-likeness (QED) is 0.532. The summed E-state index contributed by atoms with van der Waals surface area (Å²) in [6.07, 6.45) is 3.84. The highest BCUT2D eigenvalue weighted by Gasteiger charge is 2.33. The molecule has 2 aliphatic rings. The summed E-state index contributed by atoms with van der Waals surface area (Å²) in [5, 5.41) is 17.8. The molecule has 4 heterocycles. The molecule has 2 fully saturated rings. The maximum absolute atomic E-state index is 15.1. The second-order valence-corrected chi connectivity index (χ2v) is 8.28. The fraction of sp³-hybridized carbons (Fsp3) is 0.348. The van der Waals surface area contributed by atoms with Crippen LogP contribution in [-0.4, -0.2) is 87.6 Å². The molecule has 2 aromatic heterocycles. The Bertz CT molecular complexity index is 1220. The molecule has 1 aromatic carbocycles. The fourth-order valence-electron chi connectivity index (χ4n) is 4.16. The van der Waals surface area contributed by atoms with E-state index in [9.17, 15) is 9.59 Å². The van der Waals surface area contributed by atoms with Crippen molar-refractivity contribution in [2.75, 3.05) is 49.2 Å². The Hall–Kier alpha value is -4.10. The van der Waals surface area contributed by atoms with Gasteiger partial charge in [-0.25, -0.2) is 23.9 Å². The molecule has 2 aliphatic heterocycles. The summed E-state index contributed by atoms with van der Waals surface area (Å²) < 4.78 is 22.0. The maximum Gasteiger partial charge on any atom is 0.414 e. The number of cyclic esters (lactones) is 1. The number of halogens is 1. The summed E-state index contributed by atoms with van der Waals surface area (Å²) in [5.74, 6) is -0.321. The second-order valence-electron chi connectivity index (χ2n) is 8.28. The number of pyridine rings is 1. The van der Waals surface area contributed by atoms with Crippen LogP contribution in [0.3, 0.4) is 0 Å². The largest absolute Gasteiger partial charge is 0.442 e. The number of hydrogen-bond donors (Lipinski definition) is 1. The van der Waals surface area contributed by atoms with E-state index in [0.29, 0.717) is 42.3 Å². The van der Waals surface area contributed by atoms with Gasteiger partial charge in [0.15, 0.2) is 0 Å². The first-order valence-corrected chi connectivity index (χ1v) is 11.4. The van der Waals surface area contributed by atoms with Crippen molar-refractivity contribution in [3.05, 3.63) is 54.7 Å². The topological polar surface area (TPSA) is 126 Å². The van der Waals surface area contributed by atoms with Crippen molar-refractivity contribution in [2.24, 2.45) is 0 Å². The zero-order valence-electron chi connectivity index (χ0n) is 19.2. The standard InChI is InChI=1S/C23H24FN7O5/c24-20-11-17(30-14-18(36-23(30)34)13-29-6-5-26-27-29)2-3-19(20)16-1-4-21(25-12-16)28-7-8-31(22(33)15-32)35-10-9-28/h1-6,11-12,18,32H,7-10,13-15H2/t18-/m0/s1. The predicted molar refractivity (Wildman–Crippen MR) is 124 cm³/mol. The molecule has 1 atom stereocenters. The summed E-state index contributed by atoms with van der Waals surface area (Å²) in [6.45, 7) is 1.56. The molecule has 13 heteroatoms. The van der Waals surface area contributed by atoms with Crippen molar-refractivity contribution in [1.29, 1.82) is 0 Å². The van der Waals surface area contributed by atoms with E-state index >= 15 is 4.39 Å². The predicted octanol–water partition coefficient (Wildman–Crippen LogP) is 1.08. The third kappa shape index (κ3) is 4.97. The molecule has 3 aromatic rings. The first kappa shape index (κ1) is 23.6. The van der Waals surface area contributed by atoms with Crippen molar-refractivity contribution in [2.45, 2.75) is 12.6 Å². The minimum absolute atomic E-state index is 0.268. The van der Waals surface area contributed by atoms with Gasteiger partial charge in [-0.1, -0.05) is 5.21 Å². The summed E-state index contributed by atoms with van der Waals surface area (Å²) in [6, 6.07) is 8.13. The summed E-state index contributed by atoms with van der Waals surface area (Å²) in [5.41, 5.74) is 1.33. The Morgan fingerprint density at radius 2 is 2.08 bits per heavy atom. The van der Waals surface area contributed by atoms with Crippen LogP contribution in [-0.2, 0) is 20.9 Å². The molecule has 0 bridgehead atoms. The maximum atomic E-state index is 15.1. The van der Waals surface area contributed by atoms with Gasteiger partial charge in [0.05, 0.1) is 38.1 Å². The number of aromatic nitrogens is 4.